The van der Waals surface area contributed by atoms with Gasteiger partial charge < -0.3 is 5.11 Å². The molecular weight excluding hydrogens is 502 g/mol. The molecule has 1 unspecified atom stereocenters. The molecule has 2 heterocycles. The number of hydrogen-bond acceptors (Lipinski definition) is 6. The molecule has 0 saturated carbocycles. The second kappa shape index (κ2) is 9.53. The maximum atomic E-state index is 14.1. The van der Waals surface area contributed by atoms with Crippen LogP contribution in [0.3, 0.4) is 0 Å². The average molecular weight is 529 g/mol. The van der Waals surface area contributed by atoms with E-state index < -0.39 is 25.9 Å². The van der Waals surface area contributed by atoms with Gasteiger partial charge in [0.25, 0.3) is 0 Å². The monoisotopic (exact) mass is 528 g/mol. The van der Waals surface area contributed by atoms with Gasteiger partial charge in [-0.05, 0) is 79.6 Å². The van der Waals surface area contributed by atoms with E-state index in [-0.39, 0.29) is 16.7 Å². The topological polar surface area (TPSA) is 80.2 Å². The number of alkyl halides is 2. The Morgan fingerprint density at radius 3 is 2.39 bits per heavy atom. The second-order valence-corrected chi connectivity index (χ2v) is 13.0. The summed E-state index contributed by atoms with van der Waals surface area (Å²) in [5, 5.41) is 6.84. The van der Waals surface area contributed by atoms with Crippen molar-refractivity contribution in [2.24, 2.45) is 0 Å². The fraction of sp³-hybridized carbons (Fsp3) is 0.259. The number of benzene rings is 2. The summed E-state index contributed by atoms with van der Waals surface area (Å²) in [5.41, 5.74) is 4.32. The molecule has 0 spiro atoms. The van der Waals surface area contributed by atoms with E-state index in [1.807, 2.05) is 42.5 Å². The fourth-order valence-electron chi connectivity index (χ4n) is 3.72. The Bertz CT molecular complexity index is 1540. The van der Waals surface area contributed by atoms with Crippen molar-refractivity contribution in [1.82, 2.24) is 9.97 Å². The summed E-state index contributed by atoms with van der Waals surface area (Å²) >= 11 is 0.260. The van der Waals surface area contributed by atoms with E-state index in [1.165, 1.54) is 12.5 Å². The molecule has 9 heteroatoms. The van der Waals surface area contributed by atoms with Crippen molar-refractivity contribution in [3.8, 4) is 22.3 Å². The third-order valence-electron chi connectivity index (χ3n) is 6.29. The third-order valence-corrected chi connectivity index (χ3v) is 9.45. The van der Waals surface area contributed by atoms with Crippen LogP contribution in [0.25, 0.3) is 33.2 Å². The molecule has 188 valence electrons. The van der Waals surface area contributed by atoms with E-state index in [2.05, 4.69) is 9.97 Å². The van der Waals surface area contributed by atoms with Crippen LogP contribution in [-0.4, -0.2) is 41.1 Å². The smallest absolute Gasteiger partial charge is 0.323 e. The van der Waals surface area contributed by atoms with Crippen LogP contribution in [0.5, 0.6) is 0 Å². The summed E-state index contributed by atoms with van der Waals surface area (Å²) in [4.78, 5) is 8.89. The normalized spacial score (nSPS) is 13.6. The lowest BCUT2D eigenvalue weighted by Gasteiger charge is -2.24. The Labute approximate surface area is 213 Å². The number of nitrogens with zero attached hydrogens (tertiary/aromatic N) is 2. The minimum absolute atomic E-state index is 0.229. The van der Waals surface area contributed by atoms with E-state index >= 15 is 0 Å². The minimum atomic E-state index is -3.41. The van der Waals surface area contributed by atoms with Crippen LogP contribution in [0.4, 0.5) is 8.78 Å². The lowest BCUT2D eigenvalue weighted by molar-refractivity contribution is -0.0229. The number of sulfone groups is 1. The summed E-state index contributed by atoms with van der Waals surface area (Å²) in [6.45, 7) is 4.40. The van der Waals surface area contributed by atoms with Gasteiger partial charge in [-0.15, -0.1) is 0 Å². The molecule has 2 aromatic carbocycles. The summed E-state index contributed by atoms with van der Waals surface area (Å²) in [7, 11) is -3.41. The van der Waals surface area contributed by atoms with Crippen LogP contribution in [0.15, 0.2) is 78.1 Å². The molecule has 1 atom stereocenters. The van der Waals surface area contributed by atoms with E-state index in [9.17, 15) is 22.3 Å². The lowest BCUT2D eigenvalue weighted by atomic mass is 9.92. The van der Waals surface area contributed by atoms with Gasteiger partial charge in [0.2, 0.25) is 0 Å². The number of rotatable bonds is 7. The van der Waals surface area contributed by atoms with Gasteiger partial charge in [0, 0.05) is 46.3 Å². The van der Waals surface area contributed by atoms with E-state index in [4.69, 9.17) is 0 Å². The van der Waals surface area contributed by atoms with E-state index in [1.54, 1.807) is 38.4 Å². The summed E-state index contributed by atoms with van der Waals surface area (Å²) < 4.78 is 52.1. The Morgan fingerprint density at radius 1 is 0.972 bits per heavy atom. The highest BCUT2D eigenvalue weighted by atomic mass is 32.2. The van der Waals surface area contributed by atoms with Crippen molar-refractivity contribution >= 4 is 32.5 Å². The van der Waals surface area contributed by atoms with Crippen LogP contribution in [0.1, 0.15) is 26.3 Å². The molecule has 0 aliphatic rings. The quantitative estimate of drug-likeness (QED) is 0.283. The highest BCUT2D eigenvalue weighted by molar-refractivity contribution is 8.00. The number of aromatic nitrogens is 2. The number of pyridine rings is 2. The summed E-state index contributed by atoms with van der Waals surface area (Å²) in [6, 6.07) is 16.5. The zero-order valence-electron chi connectivity index (χ0n) is 20.2. The number of thioether (sulfide) groups is 1. The molecule has 0 aliphatic carbocycles. The molecule has 36 heavy (non-hydrogen) atoms. The second-order valence-electron chi connectivity index (χ2n) is 9.21. The lowest BCUT2D eigenvalue weighted by Crippen LogP contribution is -2.28. The van der Waals surface area contributed by atoms with Crippen molar-refractivity contribution < 1.29 is 22.3 Å². The zero-order chi connectivity index (χ0) is 26.3. The maximum absolute atomic E-state index is 14.1. The van der Waals surface area contributed by atoms with Crippen LogP contribution < -0.4 is 0 Å². The van der Waals surface area contributed by atoms with Crippen molar-refractivity contribution in [2.45, 2.75) is 41.8 Å². The third kappa shape index (κ3) is 5.14. The number of fused-ring (bicyclic) bond motifs is 1. The molecule has 0 fully saturated rings. The van der Waals surface area contributed by atoms with Gasteiger partial charge in [-0.1, -0.05) is 24.3 Å². The van der Waals surface area contributed by atoms with Gasteiger partial charge in [0.1, 0.15) is 6.10 Å². The summed E-state index contributed by atoms with van der Waals surface area (Å²) in [5.74, 6) is 0. The maximum Gasteiger partial charge on any atom is 0.323 e. The molecule has 0 saturated heterocycles. The van der Waals surface area contributed by atoms with Crippen LogP contribution in [0.2, 0.25) is 0 Å². The number of halogens is 2. The first-order chi connectivity index (χ1) is 16.8. The van der Waals surface area contributed by atoms with E-state index in [0.29, 0.717) is 11.1 Å². The molecule has 2 aromatic heterocycles. The predicted molar refractivity (Wildman–Crippen MR) is 141 cm³/mol. The van der Waals surface area contributed by atoms with Crippen LogP contribution in [-0.2, 0) is 14.6 Å². The Morgan fingerprint density at radius 2 is 1.69 bits per heavy atom. The van der Waals surface area contributed by atoms with Gasteiger partial charge in [0.05, 0.1) is 10.3 Å². The Hall–Kier alpha value is -2.88. The molecule has 0 amide bonds. The number of hydrogen-bond donors (Lipinski definition) is 1. The molecule has 0 aliphatic heterocycles. The van der Waals surface area contributed by atoms with Gasteiger partial charge in [-0.2, -0.15) is 8.78 Å². The first-order valence-electron chi connectivity index (χ1n) is 11.2. The number of aliphatic hydroxyl groups is 1. The van der Waals surface area contributed by atoms with Crippen molar-refractivity contribution in [1.29, 1.82) is 0 Å². The molecule has 4 rings (SSSR count). The average Bonchev–Trinajstić information content (AvgIpc) is 2.82. The fourth-order valence-corrected chi connectivity index (χ4v) is 5.05. The number of aliphatic hydroxyl groups excluding tert-OH is 1. The standard InChI is InChI=1S/C27H26F2N2O3S2/c1-17(32)27(28,29)35-23-13-21(15-30-16-23)18-7-5-8-19(11-18)24-14-22(26(2,3)36(4,33)34)12-20-9-6-10-31-25(20)24/h5-17,32H,1-4H3. The zero-order valence-corrected chi connectivity index (χ0v) is 21.9. The van der Waals surface area contributed by atoms with Gasteiger partial charge in [-0.25, -0.2) is 8.42 Å². The van der Waals surface area contributed by atoms with Crippen molar-refractivity contribution in [3.05, 3.63) is 78.8 Å². The van der Waals surface area contributed by atoms with Gasteiger partial charge in [0.15, 0.2) is 9.84 Å². The molecule has 1 N–H and O–H groups in total. The molecule has 5 nitrogen and oxygen atoms in total. The van der Waals surface area contributed by atoms with Crippen molar-refractivity contribution in [2.75, 3.05) is 6.26 Å². The Balaban J connectivity index is 1.83. The first-order valence-corrected chi connectivity index (χ1v) is 13.9. The van der Waals surface area contributed by atoms with Gasteiger partial charge in [-0.3, -0.25) is 9.97 Å². The minimum Gasteiger partial charge on any atom is -0.386 e. The van der Waals surface area contributed by atoms with Crippen LogP contribution >= 0.6 is 11.8 Å². The highest BCUT2D eigenvalue weighted by Gasteiger charge is 2.37. The first kappa shape index (κ1) is 26.2. The van der Waals surface area contributed by atoms with Crippen LogP contribution in [0, 0.1) is 0 Å². The molecule has 0 radical (unpaired) electrons. The predicted octanol–water partition coefficient (Wildman–Crippen LogP) is 6.31. The van der Waals surface area contributed by atoms with Crippen molar-refractivity contribution in [3.63, 3.8) is 0 Å². The molecular formula is C27H26F2N2O3S2. The van der Waals surface area contributed by atoms with E-state index in [0.717, 1.165) is 34.5 Å². The highest BCUT2D eigenvalue weighted by Crippen LogP contribution is 2.40. The van der Waals surface area contributed by atoms with Gasteiger partial charge >= 0.3 is 5.25 Å². The molecule has 0 bridgehead atoms. The largest absolute Gasteiger partial charge is 0.386 e. The SMILES string of the molecule is CC(O)C(F)(F)Sc1cncc(-c2cccc(-c3cc(C(C)(C)S(C)(=O)=O)cc4cccnc34)c2)c1. The summed E-state index contributed by atoms with van der Waals surface area (Å²) in [6.07, 6.45) is 4.02. The Kier molecular flexibility index (Phi) is 6.94. The molecule has 4 aromatic rings.